The largest absolute Gasteiger partial charge is 0.336 e. The standard InChI is InChI=1S/C22H22BrN5O2S/c1-15-3-2-4-17(13-15)20-25-26-22(31-20)24-19(29)14-27-9-11-28(12-10-27)21(30)16-5-7-18(23)8-6-16/h2-8,13H,9-12,14H2,1H3,(H,24,26,29). The highest BCUT2D eigenvalue weighted by Gasteiger charge is 2.23. The van der Waals surface area contributed by atoms with Gasteiger partial charge in [-0.25, -0.2) is 0 Å². The molecule has 0 saturated carbocycles. The number of aromatic nitrogens is 2. The molecule has 1 saturated heterocycles. The van der Waals surface area contributed by atoms with Crippen LogP contribution in [0, 0.1) is 6.92 Å². The van der Waals surface area contributed by atoms with Crippen LogP contribution < -0.4 is 5.32 Å². The third kappa shape index (κ3) is 5.55. The molecule has 1 fully saturated rings. The first-order valence-electron chi connectivity index (χ1n) is 9.95. The molecule has 2 amide bonds. The first-order valence-corrected chi connectivity index (χ1v) is 11.6. The van der Waals surface area contributed by atoms with Gasteiger partial charge >= 0.3 is 0 Å². The molecule has 31 heavy (non-hydrogen) atoms. The van der Waals surface area contributed by atoms with Crippen molar-refractivity contribution < 1.29 is 9.59 Å². The van der Waals surface area contributed by atoms with Crippen molar-refractivity contribution in [1.29, 1.82) is 0 Å². The Hall–Kier alpha value is -2.62. The lowest BCUT2D eigenvalue weighted by molar-refractivity contribution is -0.117. The molecular formula is C22H22BrN5O2S. The molecule has 3 aromatic rings. The molecule has 1 N–H and O–H groups in total. The zero-order chi connectivity index (χ0) is 21.8. The molecule has 0 radical (unpaired) electrons. The number of aryl methyl sites for hydroxylation is 1. The molecule has 4 rings (SSSR count). The van der Waals surface area contributed by atoms with E-state index in [0.717, 1.165) is 20.6 Å². The van der Waals surface area contributed by atoms with E-state index in [2.05, 4.69) is 31.4 Å². The molecule has 0 spiro atoms. The highest BCUT2D eigenvalue weighted by Crippen LogP contribution is 2.26. The zero-order valence-corrected chi connectivity index (χ0v) is 19.4. The number of benzene rings is 2. The molecule has 2 aromatic carbocycles. The van der Waals surface area contributed by atoms with Crippen molar-refractivity contribution >= 4 is 44.2 Å². The minimum absolute atomic E-state index is 0.0224. The predicted molar refractivity (Wildman–Crippen MR) is 125 cm³/mol. The van der Waals surface area contributed by atoms with E-state index in [1.54, 1.807) is 0 Å². The molecule has 0 unspecified atom stereocenters. The molecule has 0 atom stereocenters. The number of rotatable bonds is 5. The number of carbonyl (C=O) groups excluding carboxylic acids is 2. The fourth-order valence-electron chi connectivity index (χ4n) is 3.41. The first-order chi connectivity index (χ1) is 15.0. The van der Waals surface area contributed by atoms with E-state index in [-0.39, 0.29) is 18.4 Å². The average molecular weight is 500 g/mol. The maximum Gasteiger partial charge on any atom is 0.253 e. The third-order valence-corrected chi connectivity index (χ3v) is 6.47. The quantitative estimate of drug-likeness (QED) is 0.579. The van der Waals surface area contributed by atoms with Crippen molar-refractivity contribution in [1.82, 2.24) is 20.0 Å². The summed E-state index contributed by atoms with van der Waals surface area (Å²) in [5.41, 5.74) is 2.82. The van der Waals surface area contributed by atoms with Crippen molar-refractivity contribution in [3.63, 3.8) is 0 Å². The lowest BCUT2D eigenvalue weighted by Crippen LogP contribution is -2.50. The van der Waals surface area contributed by atoms with E-state index < -0.39 is 0 Å². The Morgan fingerprint density at radius 3 is 2.52 bits per heavy atom. The maximum atomic E-state index is 12.6. The summed E-state index contributed by atoms with van der Waals surface area (Å²) in [6, 6.07) is 15.4. The van der Waals surface area contributed by atoms with E-state index in [9.17, 15) is 9.59 Å². The second-order valence-corrected chi connectivity index (χ2v) is 9.30. The minimum Gasteiger partial charge on any atom is -0.336 e. The van der Waals surface area contributed by atoms with Crippen molar-refractivity contribution in [2.24, 2.45) is 0 Å². The average Bonchev–Trinajstić information content (AvgIpc) is 3.23. The fraction of sp³-hybridized carbons (Fsp3) is 0.273. The Balaban J connectivity index is 1.27. The van der Waals surface area contributed by atoms with Gasteiger partial charge in [-0.2, -0.15) is 0 Å². The van der Waals surface area contributed by atoms with Crippen LogP contribution in [0.1, 0.15) is 15.9 Å². The Kier molecular flexibility index (Phi) is 6.74. The Morgan fingerprint density at radius 2 is 1.81 bits per heavy atom. The maximum absolute atomic E-state index is 12.6. The molecule has 1 aromatic heterocycles. The zero-order valence-electron chi connectivity index (χ0n) is 17.0. The topological polar surface area (TPSA) is 78.4 Å². The number of nitrogens with zero attached hydrogens (tertiary/aromatic N) is 4. The number of hydrogen-bond donors (Lipinski definition) is 1. The Bertz CT molecular complexity index is 1080. The van der Waals surface area contributed by atoms with Crippen molar-refractivity contribution in [3.8, 4) is 10.6 Å². The van der Waals surface area contributed by atoms with E-state index >= 15 is 0 Å². The molecule has 1 aliphatic rings. The van der Waals surface area contributed by atoms with Gasteiger partial charge in [0.05, 0.1) is 6.54 Å². The smallest absolute Gasteiger partial charge is 0.253 e. The fourth-order valence-corrected chi connectivity index (χ4v) is 4.43. The monoisotopic (exact) mass is 499 g/mol. The van der Waals surface area contributed by atoms with E-state index in [1.807, 2.05) is 65.3 Å². The summed E-state index contributed by atoms with van der Waals surface area (Å²) >= 11 is 4.74. The number of nitrogens with one attached hydrogen (secondary N) is 1. The van der Waals surface area contributed by atoms with E-state index in [1.165, 1.54) is 11.3 Å². The van der Waals surface area contributed by atoms with Crippen LogP contribution in [0.5, 0.6) is 0 Å². The van der Waals surface area contributed by atoms with Gasteiger partial charge in [-0.05, 0) is 37.3 Å². The highest BCUT2D eigenvalue weighted by molar-refractivity contribution is 9.10. The molecule has 0 bridgehead atoms. The summed E-state index contributed by atoms with van der Waals surface area (Å²) in [7, 11) is 0. The van der Waals surface area contributed by atoms with Crippen molar-refractivity contribution in [2.45, 2.75) is 6.92 Å². The number of halogens is 1. The van der Waals surface area contributed by atoms with Gasteiger partial charge in [0, 0.05) is 41.8 Å². The SMILES string of the molecule is Cc1cccc(-c2nnc(NC(=O)CN3CCN(C(=O)c4ccc(Br)cc4)CC3)s2)c1. The van der Waals surface area contributed by atoms with Gasteiger partial charge in [0.1, 0.15) is 5.01 Å². The molecule has 1 aliphatic heterocycles. The molecule has 160 valence electrons. The van der Waals surface area contributed by atoms with Crippen molar-refractivity contribution in [3.05, 3.63) is 64.1 Å². The normalized spacial score (nSPS) is 14.5. The van der Waals surface area contributed by atoms with Crippen LogP contribution in [0.25, 0.3) is 10.6 Å². The summed E-state index contributed by atoms with van der Waals surface area (Å²) in [5.74, 6) is -0.103. The van der Waals surface area contributed by atoms with Gasteiger partial charge in [-0.3, -0.25) is 19.8 Å². The number of anilines is 1. The summed E-state index contributed by atoms with van der Waals surface area (Å²) < 4.78 is 0.946. The molecular weight excluding hydrogens is 478 g/mol. The molecule has 2 heterocycles. The number of amides is 2. The third-order valence-electron chi connectivity index (χ3n) is 5.05. The Morgan fingerprint density at radius 1 is 1.06 bits per heavy atom. The number of piperazine rings is 1. The molecule has 9 heteroatoms. The second-order valence-electron chi connectivity index (χ2n) is 7.41. The van der Waals surface area contributed by atoms with Gasteiger partial charge in [-0.15, -0.1) is 10.2 Å². The van der Waals surface area contributed by atoms with Crippen molar-refractivity contribution in [2.75, 3.05) is 38.0 Å². The van der Waals surface area contributed by atoms with E-state index in [0.29, 0.717) is 36.9 Å². The van der Waals surface area contributed by atoms with Gasteiger partial charge in [-0.1, -0.05) is 51.0 Å². The molecule has 7 nitrogen and oxygen atoms in total. The minimum atomic E-state index is -0.125. The van der Waals surface area contributed by atoms with E-state index in [4.69, 9.17) is 0 Å². The number of carbonyl (C=O) groups is 2. The first kappa shape index (κ1) is 21.6. The second kappa shape index (κ2) is 9.67. The van der Waals surface area contributed by atoms with Gasteiger partial charge in [0.2, 0.25) is 11.0 Å². The van der Waals surface area contributed by atoms with Gasteiger partial charge in [0.25, 0.3) is 5.91 Å². The van der Waals surface area contributed by atoms with Crippen LogP contribution >= 0.6 is 27.3 Å². The van der Waals surface area contributed by atoms with Crippen LogP contribution in [0.15, 0.2) is 53.0 Å². The van der Waals surface area contributed by atoms with Gasteiger partial charge in [0.15, 0.2) is 0 Å². The summed E-state index contributed by atoms with van der Waals surface area (Å²) in [6.07, 6.45) is 0. The Labute approximate surface area is 193 Å². The summed E-state index contributed by atoms with van der Waals surface area (Å²) in [4.78, 5) is 28.9. The summed E-state index contributed by atoms with van der Waals surface area (Å²) in [6.45, 7) is 4.79. The van der Waals surface area contributed by atoms with Crippen LogP contribution in [0.3, 0.4) is 0 Å². The highest BCUT2D eigenvalue weighted by atomic mass is 79.9. The van der Waals surface area contributed by atoms with Crippen LogP contribution in [-0.4, -0.2) is 64.5 Å². The van der Waals surface area contributed by atoms with Crippen LogP contribution in [-0.2, 0) is 4.79 Å². The lowest BCUT2D eigenvalue weighted by atomic mass is 10.1. The van der Waals surface area contributed by atoms with Crippen LogP contribution in [0.4, 0.5) is 5.13 Å². The van der Waals surface area contributed by atoms with Gasteiger partial charge < -0.3 is 4.90 Å². The number of hydrogen-bond acceptors (Lipinski definition) is 6. The summed E-state index contributed by atoms with van der Waals surface area (Å²) in [5, 5.41) is 12.4. The molecule has 0 aliphatic carbocycles. The van der Waals surface area contributed by atoms with Crippen LogP contribution in [0.2, 0.25) is 0 Å². The predicted octanol–water partition coefficient (Wildman–Crippen LogP) is 3.67. The lowest BCUT2D eigenvalue weighted by Gasteiger charge is -2.34.